The first kappa shape index (κ1) is 8.17. The fourth-order valence-corrected chi connectivity index (χ4v) is 0.709. The summed E-state index contributed by atoms with van der Waals surface area (Å²) in [6.07, 6.45) is 0. The van der Waals surface area contributed by atoms with Gasteiger partial charge < -0.3 is 5.32 Å². The molecule has 0 aromatic heterocycles. The second-order valence-electron chi connectivity index (χ2n) is 1.68. The van der Waals surface area contributed by atoms with E-state index >= 15 is 0 Å². The molecule has 0 spiro atoms. The molecule has 8 heavy (non-hydrogen) atoms. The highest BCUT2D eigenvalue weighted by Gasteiger charge is 1.98. The molecule has 2 nitrogen and oxygen atoms in total. The molecule has 0 rings (SSSR count). The Bertz CT molecular complexity index is 84.1. The van der Waals surface area contributed by atoms with Crippen LogP contribution in [0.2, 0.25) is 0 Å². The smallest absolute Gasteiger partial charge is 0.289 e. The summed E-state index contributed by atoms with van der Waals surface area (Å²) in [4.78, 5) is 10.4. The molecule has 0 aromatic rings. The lowest BCUT2D eigenvalue weighted by molar-refractivity contribution is 0.259. The van der Waals surface area contributed by atoms with Crippen LogP contribution in [0, 0.1) is 0 Å². The van der Waals surface area contributed by atoms with Gasteiger partial charge in [-0.3, -0.25) is 4.79 Å². The fraction of sp³-hybridized carbons (Fsp3) is 0.750. The molecular formula is C4H9NOS2. The molecule has 0 saturated carbocycles. The highest BCUT2D eigenvalue weighted by Crippen LogP contribution is 2.05. The average Bonchev–Trinajstić information content (AvgIpc) is 1.65. The van der Waals surface area contributed by atoms with Crippen LogP contribution in [-0.2, 0) is 0 Å². The molecule has 0 aliphatic heterocycles. The quantitative estimate of drug-likeness (QED) is 0.441. The van der Waals surface area contributed by atoms with Crippen molar-refractivity contribution in [3.05, 3.63) is 0 Å². The van der Waals surface area contributed by atoms with Crippen molar-refractivity contribution in [2.24, 2.45) is 0 Å². The summed E-state index contributed by atoms with van der Waals surface area (Å²) in [5.74, 6) is 0. The van der Waals surface area contributed by atoms with Gasteiger partial charge in [0.1, 0.15) is 0 Å². The molecule has 0 saturated heterocycles. The summed E-state index contributed by atoms with van der Waals surface area (Å²) in [6.45, 7) is 3.81. The van der Waals surface area contributed by atoms with Crippen LogP contribution in [0.1, 0.15) is 13.8 Å². The standard InChI is InChI=1S/C4H9NOS2/c1-3(2)5-4(6)8-7/h3,7H,1-2H3,(H,5,6). The van der Waals surface area contributed by atoms with E-state index in [-0.39, 0.29) is 11.3 Å². The summed E-state index contributed by atoms with van der Waals surface area (Å²) >= 11 is 3.69. The van der Waals surface area contributed by atoms with Crippen LogP contribution in [-0.4, -0.2) is 11.3 Å². The van der Waals surface area contributed by atoms with Crippen molar-refractivity contribution in [2.45, 2.75) is 19.9 Å². The Morgan fingerprint density at radius 2 is 2.25 bits per heavy atom. The predicted molar refractivity (Wildman–Crippen MR) is 40.2 cm³/mol. The maximum absolute atomic E-state index is 10.4. The van der Waals surface area contributed by atoms with E-state index in [4.69, 9.17) is 0 Å². The minimum atomic E-state index is -0.0941. The topological polar surface area (TPSA) is 29.1 Å². The highest BCUT2D eigenvalue weighted by molar-refractivity contribution is 8.74. The molecule has 0 atom stereocenters. The van der Waals surface area contributed by atoms with Crippen LogP contribution >= 0.6 is 22.5 Å². The van der Waals surface area contributed by atoms with E-state index in [0.717, 1.165) is 10.8 Å². The van der Waals surface area contributed by atoms with Gasteiger partial charge in [0.2, 0.25) is 0 Å². The lowest BCUT2D eigenvalue weighted by Gasteiger charge is -2.03. The van der Waals surface area contributed by atoms with Crippen molar-refractivity contribution >= 4 is 27.7 Å². The molecular weight excluding hydrogens is 142 g/mol. The third kappa shape index (κ3) is 4.33. The van der Waals surface area contributed by atoms with E-state index in [1.807, 2.05) is 13.8 Å². The molecule has 0 bridgehead atoms. The fourth-order valence-electron chi connectivity index (χ4n) is 0.262. The van der Waals surface area contributed by atoms with Gasteiger partial charge >= 0.3 is 0 Å². The van der Waals surface area contributed by atoms with Gasteiger partial charge in [-0.25, -0.2) is 0 Å². The Balaban J connectivity index is 3.25. The first-order chi connectivity index (χ1) is 3.66. The molecule has 1 N–H and O–H groups in total. The SMILES string of the molecule is CC(C)NC(=O)SS. The first-order valence-electron chi connectivity index (χ1n) is 2.28. The molecule has 0 aromatic carbocycles. The number of amides is 1. The predicted octanol–water partition coefficient (Wildman–Crippen LogP) is 1.68. The van der Waals surface area contributed by atoms with E-state index in [2.05, 4.69) is 17.0 Å². The molecule has 0 heterocycles. The Labute approximate surface area is 58.2 Å². The minimum Gasteiger partial charge on any atom is -0.344 e. The number of thiol groups is 1. The number of hydrogen-bond acceptors (Lipinski definition) is 3. The van der Waals surface area contributed by atoms with E-state index in [1.165, 1.54) is 0 Å². The lowest BCUT2D eigenvalue weighted by Crippen LogP contribution is -2.25. The summed E-state index contributed by atoms with van der Waals surface area (Å²) in [5, 5.41) is 2.55. The number of carbonyl (C=O) groups is 1. The second-order valence-corrected chi connectivity index (χ2v) is 2.78. The Kier molecular flexibility index (Phi) is 4.18. The molecule has 0 unspecified atom stereocenters. The number of rotatable bonds is 1. The van der Waals surface area contributed by atoms with Gasteiger partial charge in [-0.2, -0.15) is 0 Å². The Hall–Kier alpha value is 0.170. The number of nitrogens with one attached hydrogen (secondary N) is 1. The van der Waals surface area contributed by atoms with Gasteiger partial charge in [-0.1, -0.05) is 0 Å². The lowest BCUT2D eigenvalue weighted by atomic mass is 10.4. The van der Waals surface area contributed by atoms with Crippen molar-refractivity contribution in [3.63, 3.8) is 0 Å². The van der Waals surface area contributed by atoms with E-state index < -0.39 is 0 Å². The molecule has 0 radical (unpaired) electrons. The van der Waals surface area contributed by atoms with Gasteiger partial charge in [0.15, 0.2) is 0 Å². The maximum atomic E-state index is 10.4. The van der Waals surface area contributed by atoms with Crippen LogP contribution in [0.15, 0.2) is 0 Å². The molecule has 48 valence electrons. The summed E-state index contributed by atoms with van der Waals surface area (Å²) < 4.78 is 0. The van der Waals surface area contributed by atoms with Crippen LogP contribution in [0.3, 0.4) is 0 Å². The van der Waals surface area contributed by atoms with Crippen molar-refractivity contribution in [1.82, 2.24) is 5.32 Å². The first-order valence-corrected chi connectivity index (χ1v) is 4.15. The zero-order valence-corrected chi connectivity index (χ0v) is 6.55. The zero-order valence-electron chi connectivity index (χ0n) is 4.84. The molecule has 0 aliphatic carbocycles. The third-order valence-corrected chi connectivity index (χ3v) is 1.27. The minimum absolute atomic E-state index is 0.0941. The molecule has 1 amide bonds. The van der Waals surface area contributed by atoms with Crippen LogP contribution in [0.5, 0.6) is 0 Å². The summed E-state index contributed by atoms with van der Waals surface area (Å²) in [5.41, 5.74) is 0. The molecule has 0 fully saturated rings. The van der Waals surface area contributed by atoms with Gasteiger partial charge in [-0.05, 0) is 13.8 Å². The van der Waals surface area contributed by atoms with Crippen LogP contribution in [0.4, 0.5) is 4.79 Å². The second kappa shape index (κ2) is 4.09. The Morgan fingerprint density at radius 3 is 2.38 bits per heavy atom. The van der Waals surface area contributed by atoms with Gasteiger partial charge in [0, 0.05) is 16.8 Å². The van der Waals surface area contributed by atoms with Crippen molar-refractivity contribution in [2.75, 3.05) is 0 Å². The van der Waals surface area contributed by atoms with E-state index in [9.17, 15) is 4.79 Å². The monoisotopic (exact) mass is 151 g/mol. The van der Waals surface area contributed by atoms with Crippen molar-refractivity contribution in [1.29, 1.82) is 0 Å². The maximum Gasteiger partial charge on any atom is 0.289 e. The van der Waals surface area contributed by atoms with Gasteiger partial charge in [0.05, 0.1) is 0 Å². The van der Waals surface area contributed by atoms with Gasteiger partial charge in [-0.15, -0.1) is 11.7 Å². The van der Waals surface area contributed by atoms with Crippen molar-refractivity contribution < 1.29 is 4.79 Å². The van der Waals surface area contributed by atoms with Crippen LogP contribution < -0.4 is 5.32 Å². The normalized spacial score (nSPS) is 9.50. The van der Waals surface area contributed by atoms with Gasteiger partial charge in [0.25, 0.3) is 5.24 Å². The van der Waals surface area contributed by atoms with Crippen molar-refractivity contribution in [3.8, 4) is 0 Å². The van der Waals surface area contributed by atoms with E-state index in [1.54, 1.807) is 0 Å². The largest absolute Gasteiger partial charge is 0.344 e. The zero-order chi connectivity index (χ0) is 6.57. The number of carbonyl (C=O) groups excluding carboxylic acids is 1. The Morgan fingerprint density at radius 1 is 1.75 bits per heavy atom. The molecule has 4 heteroatoms. The van der Waals surface area contributed by atoms with Crippen LogP contribution in [0.25, 0.3) is 0 Å². The average molecular weight is 151 g/mol. The van der Waals surface area contributed by atoms with E-state index in [0.29, 0.717) is 0 Å². The summed E-state index contributed by atoms with van der Waals surface area (Å²) in [7, 11) is 0.898. The number of hydrogen-bond donors (Lipinski definition) is 2. The molecule has 0 aliphatic rings. The highest BCUT2D eigenvalue weighted by atomic mass is 33.1. The summed E-state index contributed by atoms with van der Waals surface area (Å²) in [6, 6.07) is 0.210. The third-order valence-electron chi connectivity index (χ3n) is 0.489.